The lowest BCUT2D eigenvalue weighted by Gasteiger charge is -2.29. The van der Waals surface area contributed by atoms with E-state index in [1.54, 1.807) is 0 Å². The van der Waals surface area contributed by atoms with E-state index in [1.807, 2.05) is 65.0 Å². The Morgan fingerprint density at radius 3 is 2.13 bits per heavy atom. The molecule has 8 heteroatoms. The first-order valence-electron chi connectivity index (χ1n) is 14.7. The number of carbonyl (C=O) groups is 4. The van der Waals surface area contributed by atoms with Gasteiger partial charge in [-0.05, 0) is 29.7 Å². The first-order chi connectivity index (χ1) is 18.6. The molecule has 0 aromatic heterocycles. The minimum absolute atomic E-state index is 0.0359. The molecule has 1 aromatic rings. The van der Waals surface area contributed by atoms with Gasteiger partial charge in [-0.15, -0.1) is 0 Å². The molecule has 0 spiro atoms. The van der Waals surface area contributed by atoms with Crippen molar-refractivity contribution in [2.45, 2.75) is 117 Å². The molecule has 0 saturated carbocycles. The van der Waals surface area contributed by atoms with Gasteiger partial charge in [0.05, 0.1) is 6.42 Å². The Morgan fingerprint density at radius 1 is 0.821 bits per heavy atom. The number of nitrogens with one attached hydrogen (secondary N) is 3. The van der Waals surface area contributed by atoms with Crippen molar-refractivity contribution in [2.24, 2.45) is 17.8 Å². The van der Waals surface area contributed by atoms with Crippen molar-refractivity contribution in [1.82, 2.24) is 16.0 Å². The smallest absolute Gasteiger partial charge is 0.329 e. The highest BCUT2D eigenvalue weighted by Crippen LogP contribution is 2.22. The van der Waals surface area contributed by atoms with Crippen LogP contribution in [0.5, 0.6) is 0 Å². The average molecular weight is 544 g/mol. The number of esters is 1. The molecule has 1 aromatic carbocycles. The molecule has 1 aliphatic heterocycles. The lowest BCUT2D eigenvalue weighted by molar-refractivity contribution is -0.158. The SMILES string of the molecule is CCCCCCC(C)C1CC(=O)N[C@@H](C(C)C)C(=O)N[C@@H](Cc2ccccc2)C(=O)NC([C@@H](C)CC)C(=O)O1. The molecule has 39 heavy (non-hydrogen) atoms. The lowest BCUT2D eigenvalue weighted by atomic mass is 9.93. The van der Waals surface area contributed by atoms with Gasteiger partial charge in [0.1, 0.15) is 24.2 Å². The van der Waals surface area contributed by atoms with Crippen LogP contribution in [0.15, 0.2) is 30.3 Å². The Labute approximate surface area is 234 Å². The fraction of sp³-hybridized carbons (Fsp3) is 0.677. The highest BCUT2D eigenvalue weighted by atomic mass is 16.5. The molecule has 2 rings (SSSR count). The summed E-state index contributed by atoms with van der Waals surface area (Å²) < 4.78 is 5.99. The molecule has 3 amide bonds. The van der Waals surface area contributed by atoms with Crippen LogP contribution in [0, 0.1) is 17.8 Å². The van der Waals surface area contributed by atoms with E-state index >= 15 is 0 Å². The summed E-state index contributed by atoms with van der Waals surface area (Å²) >= 11 is 0. The minimum Gasteiger partial charge on any atom is -0.460 e. The van der Waals surface area contributed by atoms with Gasteiger partial charge in [0.15, 0.2) is 0 Å². The normalized spacial score (nSPS) is 24.8. The maximum Gasteiger partial charge on any atom is 0.329 e. The van der Waals surface area contributed by atoms with Gasteiger partial charge in [0.2, 0.25) is 17.7 Å². The Bertz CT molecular complexity index is 935. The van der Waals surface area contributed by atoms with E-state index in [1.165, 1.54) is 0 Å². The van der Waals surface area contributed by atoms with Crippen LogP contribution in [0.25, 0.3) is 0 Å². The van der Waals surface area contributed by atoms with E-state index in [4.69, 9.17) is 4.74 Å². The second kappa shape index (κ2) is 16.3. The van der Waals surface area contributed by atoms with Crippen molar-refractivity contribution >= 4 is 23.7 Å². The molecule has 3 unspecified atom stereocenters. The van der Waals surface area contributed by atoms with Gasteiger partial charge in [-0.1, -0.05) is 104 Å². The van der Waals surface area contributed by atoms with Gasteiger partial charge in [0.25, 0.3) is 0 Å². The Balaban J connectivity index is 2.41. The van der Waals surface area contributed by atoms with Crippen molar-refractivity contribution < 1.29 is 23.9 Å². The van der Waals surface area contributed by atoms with E-state index in [0.717, 1.165) is 37.7 Å². The first-order valence-corrected chi connectivity index (χ1v) is 14.7. The topological polar surface area (TPSA) is 114 Å². The zero-order valence-corrected chi connectivity index (χ0v) is 24.6. The van der Waals surface area contributed by atoms with Crippen molar-refractivity contribution in [3.8, 4) is 0 Å². The van der Waals surface area contributed by atoms with Gasteiger partial charge >= 0.3 is 5.97 Å². The van der Waals surface area contributed by atoms with Crippen LogP contribution in [-0.4, -0.2) is 47.9 Å². The highest BCUT2D eigenvalue weighted by Gasteiger charge is 2.36. The van der Waals surface area contributed by atoms with Gasteiger partial charge in [-0.25, -0.2) is 4.79 Å². The van der Waals surface area contributed by atoms with Gasteiger partial charge in [-0.3, -0.25) is 14.4 Å². The second-order valence-corrected chi connectivity index (χ2v) is 11.4. The molecule has 3 N–H and O–H groups in total. The summed E-state index contributed by atoms with van der Waals surface area (Å²) in [7, 11) is 0. The average Bonchev–Trinajstić information content (AvgIpc) is 2.91. The van der Waals surface area contributed by atoms with Crippen molar-refractivity contribution in [2.75, 3.05) is 0 Å². The largest absolute Gasteiger partial charge is 0.460 e. The molecule has 0 radical (unpaired) electrons. The molecular weight excluding hydrogens is 494 g/mol. The maximum atomic E-state index is 13.6. The van der Waals surface area contributed by atoms with E-state index in [9.17, 15) is 19.2 Å². The first kappa shape index (κ1) is 32.3. The molecule has 0 bridgehead atoms. The fourth-order valence-corrected chi connectivity index (χ4v) is 4.85. The Morgan fingerprint density at radius 2 is 1.51 bits per heavy atom. The quantitative estimate of drug-likeness (QED) is 0.284. The van der Waals surface area contributed by atoms with Crippen molar-refractivity contribution in [1.29, 1.82) is 0 Å². The van der Waals surface area contributed by atoms with Gasteiger partial charge < -0.3 is 20.7 Å². The summed E-state index contributed by atoms with van der Waals surface area (Å²) in [4.78, 5) is 53.7. The van der Waals surface area contributed by atoms with Gasteiger partial charge in [0, 0.05) is 6.42 Å². The molecule has 6 atom stereocenters. The van der Waals surface area contributed by atoms with Crippen LogP contribution < -0.4 is 16.0 Å². The molecule has 1 fully saturated rings. The van der Waals surface area contributed by atoms with E-state index in [2.05, 4.69) is 22.9 Å². The van der Waals surface area contributed by atoms with Crippen LogP contribution in [0.3, 0.4) is 0 Å². The standard InChI is InChI=1S/C31H49N3O5/c1-7-9-10-12-15-22(6)25-19-26(35)33-27(20(3)4)30(37)32-24(18-23-16-13-11-14-17-23)29(36)34-28(21(5)8-2)31(38)39-25/h11,13-14,16-17,20-22,24-25,27-28H,7-10,12,15,18-19H2,1-6H3,(H,32,37)(H,33,35)(H,34,36)/t21-,22?,24-,25?,27-,28?/m0/s1. The maximum absolute atomic E-state index is 13.6. The van der Waals surface area contributed by atoms with Gasteiger partial charge in [-0.2, -0.15) is 0 Å². The summed E-state index contributed by atoms with van der Waals surface area (Å²) in [6.45, 7) is 11.7. The summed E-state index contributed by atoms with van der Waals surface area (Å²) in [5.41, 5.74) is 0.868. The number of carbonyl (C=O) groups excluding carboxylic acids is 4. The van der Waals surface area contributed by atoms with Crippen molar-refractivity contribution in [3.05, 3.63) is 35.9 Å². The van der Waals surface area contributed by atoms with Crippen LogP contribution in [-0.2, 0) is 30.3 Å². The number of hydrogen-bond donors (Lipinski definition) is 3. The third-order valence-electron chi connectivity index (χ3n) is 7.75. The number of unbranched alkanes of at least 4 members (excludes halogenated alkanes) is 3. The number of rotatable bonds is 11. The van der Waals surface area contributed by atoms with Crippen LogP contribution >= 0.6 is 0 Å². The van der Waals surface area contributed by atoms with E-state index < -0.39 is 42.0 Å². The minimum atomic E-state index is -0.925. The van der Waals surface area contributed by atoms with Crippen LogP contribution in [0.4, 0.5) is 0 Å². The molecule has 8 nitrogen and oxygen atoms in total. The monoisotopic (exact) mass is 543 g/mol. The highest BCUT2D eigenvalue weighted by molar-refractivity contribution is 5.94. The molecule has 0 aliphatic carbocycles. The third-order valence-corrected chi connectivity index (χ3v) is 7.75. The molecule has 1 heterocycles. The number of hydrogen-bond acceptors (Lipinski definition) is 5. The predicted molar refractivity (Wildman–Crippen MR) is 153 cm³/mol. The molecule has 218 valence electrons. The third kappa shape index (κ3) is 10.3. The second-order valence-electron chi connectivity index (χ2n) is 11.4. The zero-order valence-electron chi connectivity index (χ0n) is 24.6. The number of benzene rings is 1. The lowest BCUT2D eigenvalue weighted by Crippen LogP contribution is -2.58. The molecule has 1 saturated heterocycles. The van der Waals surface area contributed by atoms with Crippen LogP contribution in [0.1, 0.15) is 92.1 Å². The molecular formula is C31H49N3O5. The molecule has 1 aliphatic rings. The summed E-state index contributed by atoms with van der Waals surface area (Å²) in [5, 5.41) is 8.59. The Kier molecular flexibility index (Phi) is 13.5. The number of amides is 3. The van der Waals surface area contributed by atoms with Crippen LogP contribution in [0.2, 0.25) is 0 Å². The number of ether oxygens (including phenoxy) is 1. The Hall–Kier alpha value is -2.90. The van der Waals surface area contributed by atoms with Crippen molar-refractivity contribution in [3.63, 3.8) is 0 Å². The summed E-state index contributed by atoms with van der Waals surface area (Å²) in [6, 6.07) is 6.75. The van der Waals surface area contributed by atoms with E-state index in [0.29, 0.717) is 6.42 Å². The number of cyclic esters (lactones) is 1. The van der Waals surface area contributed by atoms with E-state index in [-0.39, 0.29) is 36.5 Å². The fourth-order valence-electron chi connectivity index (χ4n) is 4.85. The summed E-state index contributed by atoms with van der Waals surface area (Å²) in [5.74, 6) is -2.22. The predicted octanol–water partition coefficient (Wildman–Crippen LogP) is 4.31. The zero-order chi connectivity index (χ0) is 28.9. The summed E-state index contributed by atoms with van der Waals surface area (Å²) in [6.07, 6.45) is 5.33.